The summed E-state index contributed by atoms with van der Waals surface area (Å²) < 4.78 is 15.5. The lowest BCUT2D eigenvalue weighted by atomic mass is 10.1. The Balaban J connectivity index is 1.89. The molecule has 1 fully saturated rings. The third kappa shape index (κ3) is 5.66. The number of hydrogen-bond acceptors (Lipinski definition) is 5. The molecule has 1 aliphatic carbocycles. The second-order valence-electron chi connectivity index (χ2n) is 6.06. The Hall–Kier alpha value is -2.24. The van der Waals surface area contributed by atoms with Crippen LogP contribution in [0.15, 0.2) is 18.2 Å². The molecule has 0 N–H and O–H groups in total. The van der Waals surface area contributed by atoms with E-state index in [-0.39, 0.29) is 24.3 Å². The summed E-state index contributed by atoms with van der Waals surface area (Å²) in [5.41, 5.74) is 1.02. The van der Waals surface area contributed by atoms with Gasteiger partial charge in [-0.3, -0.25) is 9.59 Å². The number of esters is 1. The second kappa shape index (κ2) is 9.30. The molecule has 25 heavy (non-hydrogen) atoms. The van der Waals surface area contributed by atoms with Crippen molar-refractivity contribution >= 4 is 11.9 Å². The van der Waals surface area contributed by atoms with Crippen LogP contribution in [-0.2, 0) is 20.7 Å². The van der Waals surface area contributed by atoms with Gasteiger partial charge in [0.25, 0.3) is 0 Å². The predicted octanol–water partition coefficient (Wildman–Crippen LogP) is 2.58. The highest BCUT2D eigenvalue weighted by atomic mass is 16.5. The van der Waals surface area contributed by atoms with Crippen LogP contribution in [0.5, 0.6) is 11.5 Å². The molecule has 6 heteroatoms. The van der Waals surface area contributed by atoms with Crippen LogP contribution < -0.4 is 9.47 Å². The lowest BCUT2D eigenvalue weighted by Crippen LogP contribution is -2.35. The van der Waals surface area contributed by atoms with Gasteiger partial charge in [-0.25, -0.2) is 0 Å². The van der Waals surface area contributed by atoms with Gasteiger partial charge in [-0.1, -0.05) is 6.07 Å². The highest BCUT2D eigenvalue weighted by Crippen LogP contribution is 2.29. The van der Waals surface area contributed by atoms with Gasteiger partial charge in [0.2, 0.25) is 5.91 Å². The van der Waals surface area contributed by atoms with Crippen LogP contribution in [0.1, 0.15) is 38.2 Å². The van der Waals surface area contributed by atoms with Gasteiger partial charge in [0.15, 0.2) is 11.5 Å². The SMILES string of the molecule is CCOC(=O)CCN(C(=O)CCc1ccc(OC)c(OC)c1)C1CC1. The quantitative estimate of drug-likeness (QED) is 0.608. The Morgan fingerprint density at radius 2 is 1.84 bits per heavy atom. The molecule has 0 spiro atoms. The van der Waals surface area contributed by atoms with E-state index in [2.05, 4.69) is 0 Å². The number of amides is 1. The molecular formula is C19H27NO5. The van der Waals surface area contributed by atoms with Crippen LogP contribution in [0.3, 0.4) is 0 Å². The molecule has 0 unspecified atom stereocenters. The van der Waals surface area contributed by atoms with E-state index in [0.717, 1.165) is 18.4 Å². The van der Waals surface area contributed by atoms with Gasteiger partial charge < -0.3 is 19.1 Å². The van der Waals surface area contributed by atoms with E-state index >= 15 is 0 Å². The molecule has 6 nitrogen and oxygen atoms in total. The van der Waals surface area contributed by atoms with Crippen molar-refractivity contribution in [1.29, 1.82) is 0 Å². The zero-order chi connectivity index (χ0) is 18.2. The first kappa shape index (κ1) is 19.1. The molecule has 0 aliphatic heterocycles. The molecule has 1 aromatic rings. The molecule has 1 amide bonds. The Bertz CT molecular complexity index is 597. The summed E-state index contributed by atoms with van der Waals surface area (Å²) in [7, 11) is 3.19. The maximum absolute atomic E-state index is 12.6. The summed E-state index contributed by atoms with van der Waals surface area (Å²) in [6, 6.07) is 5.96. The lowest BCUT2D eigenvalue weighted by Gasteiger charge is -2.22. The zero-order valence-corrected chi connectivity index (χ0v) is 15.2. The number of carbonyl (C=O) groups excluding carboxylic acids is 2. The van der Waals surface area contributed by atoms with Crippen LogP contribution in [0, 0.1) is 0 Å². The van der Waals surface area contributed by atoms with E-state index in [1.54, 1.807) is 21.1 Å². The van der Waals surface area contributed by atoms with Crippen molar-refractivity contribution < 1.29 is 23.8 Å². The Labute approximate surface area is 149 Å². The first-order valence-electron chi connectivity index (χ1n) is 8.75. The van der Waals surface area contributed by atoms with Gasteiger partial charge in [0, 0.05) is 19.0 Å². The van der Waals surface area contributed by atoms with Crippen molar-refractivity contribution in [3.63, 3.8) is 0 Å². The number of ether oxygens (including phenoxy) is 3. The zero-order valence-electron chi connectivity index (χ0n) is 15.2. The molecule has 0 heterocycles. The fourth-order valence-corrected chi connectivity index (χ4v) is 2.77. The highest BCUT2D eigenvalue weighted by Gasteiger charge is 2.32. The molecule has 1 aliphatic rings. The highest BCUT2D eigenvalue weighted by molar-refractivity contribution is 5.78. The third-order valence-electron chi connectivity index (χ3n) is 4.25. The van der Waals surface area contributed by atoms with Crippen molar-refractivity contribution in [3.05, 3.63) is 23.8 Å². The maximum Gasteiger partial charge on any atom is 0.307 e. The molecular weight excluding hydrogens is 322 g/mol. The van der Waals surface area contributed by atoms with Crippen molar-refractivity contribution in [3.8, 4) is 11.5 Å². The van der Waals surface area contributed by atoms with Crippen LogP contribution >= 0.6 is 0 Å². The second-order valence-corrected chi connectivity index (χ2v) is 6.06. The molecule has 138 valence electrons. The van der Waals surface area contributed by atoms with Crippen molar-refractivity contribution in [2.24, 2.45) is 0 Å². The third-order valence-corrected chi connectivity index (χ3v) is 4.25. The fourth-order valence-electron chi connectivity index (χ4n) is 2.77. The smallest absolute Gasteiger partial charge is 0.307 e. The minimum atomic E-state index is -0.249. The summed E-state index contributed by atoms with van der Waals surface area (Å²) in [5, 5.41) is 0. The average molecular weight is 349 g/mol. The van der Waals surface area contributed by atoms with Crippen molar-refractivity contribution in [1.82, 2.24) is 4.90 Å². The molecule has 0 atom stereocenters. The summed E-state index contributed by atoms with van der Waals surface area (Å²) in [5.74, 6) is 1.17. The first-order chi connectivity index (χ1) is 12.1. The summed E-state index contributed by atoms with van der Waals surface area (Å²) in [4.78, 5) is 25.9. The molecule has 1 aromatic carbocycles. The predicted molar refractivity (Wildman–Crippen MR) is 93.9 cm³/mol. The van der Waals surface area contributed by atoms with Gasteiger partial charge in [0.05, 0.1) is 27.2 Å². The largest absolute Gasteiger partial charge is 0.493 e. The van der Waals surface area contributed by atoms with Crippen LogP contribution in [0.2, 0.25) is 0 Å². The fraction of sp³-hybridized carbons (Fsp3) is 0.579. The Morgan fingerprint density at radius 3 is 2.44 bits per heavy atom. The molecule has 0 radical (unpaired) electrons. The maximum atomic E-state index is 12.6. The number of methoxy groups -OCH3 is 2. The minimum Gasteiger partial charge on any atom is -0.493 e. The first-order valence-corrected chi connectivity index (χ1v) is 8.75. The Morgan fingerprint density at radius 1 is 1.12 bits per heavy atom. The van der Waals surface area contributed by atoms with Crippen LogP contribution in [0.25, 0.3) is 0 Å². The van der Waals surface area contributed by atoms with E-state index in [1.807, 2.05) is 23.1 Å². The number of nitrogens with zero attached hydrogens (tertiary/aromatic N) is 1. The molecule has 0 aromatic heterocycles. The Kier molecular flexibility index (Phi) is 7.10. The standard InChI is InChI=1S/C19H27NO5/c1-4-25-19(22)11-12-20(15-7-8-15)18(21)10-6-14-5-9-16(23-2)17(13-14)24-3/h5,9,13,15H,4,6-8,10-12H2,1-3H3. The summed E-state index contributed by atoms with van der Waals surface area (Å²) in [6.45, 7) is 2.59. The number of hydrogen-bond donors (Lipinski definition) is 0. The van der Waals surface area contributed by atoms with Gasteiger partial charge in [0.1, 0.15) is 0 Å². The lowest BCUT2D eigenvalue weighted by molar-refractivity contribution is -0.144. The molecule has 0 saturated heterocycles. The van der Waals surface area contributed by atoms with Crippen molar-refractivity contribution in [2.45, 2.75) is 45.1 Å². The van der Waals surface area contributed by atoms with E-state index in [4.69, 9.17) is 14.2 Å². The number of benzene rings is 1. The molecule has 0 bridgehead atoms. The topological polar surface area (TPSA) is 65.1 Å². The normalized spacial score (nSPS) is 13.2. The van der Waals surface area contributed by atoms with Crippen molar-refractivity contribution in [2.75, 3.05) is 27.4 Å². The van der Waals surface area contributed by atoms with Gasteiger partial charge in [-0.2, -0.15) is 0 Å². The average Bonchev–Trinajstić information content (AvgIpc) is 3.45. The van der Waals surface area contributed by atoms with E-state index < -0.39 is 0 Å². The van der Waals surface area contributed by atoms with Gasteiger partial charge >= 0.3 is 5.97 Å². The summed E-state index contributed by atoms with van der Waals surface area (Å²) >= 11 is 0. The number of carbonyl (C=O) groups is 2. The van der Waals surface area contributed by atoms with E-state index in [9.17, 15) is 9.59 Å². The number of aryl methyl sites for hydroxylation is 1. The van der Waals surface area contributed by atoms with Gasteiger partial charge in [-0.05, 0) is 43.9 Å². The van der Waals surface area contributed by atoms with E-state index in [1.165, 1.54) is 0 Å². The molecule has 2 rings (SSSR count). The van der Waals surface area contributed by atoms with Gasteiger partial charge in [-0.15, -0.1) is 0 Å². The van der Waals surface area contributed by atoms with Crippen LogP contribution in [-0.4, -0.2) is 50.2 Å². The minimum absolute atomic E-state index is 0.0848. The molecule has 1 saturated carbocycles. The summed E-state index contributed by atoms with van der Waals surface area (Å²) in [6.07, 6.45) is 3.33. The van der Waals surface area contributed by atoms with Crippen LogP contribution in [0.4, 0.5) is 0 Å². The van der Waals surface area contributed by atoms with E-state index in [0.29, 0.717) is 37.5 Å². The number of rotatable bonds is 10. The monoisotopic (exact) mass is 349 g/mol.